The zero-order chi connectivity index (χ0) is 11.5. The molecule has 1 aromatic carbocycles. The van der Waals surface area contributed by atoms with E-state index in [0.29, 0.717) is 0 Å². The van der Waals surface area contributed by atoms with Gasteiger partial charge in [-0.15, -0.1) is 0 Å². The quantitative estimate of drug-likeness (QED) is 0.809. The lowest BCUT2D eigenvalue weighted by Gasteiger charge is -2.27. The molecule has 0 aromatic heterocycles. The van der Waals surface area contributed by atoms with Gasteiger partial charge in [-0.2, -0.15) is 0 Å². The molecule has 1 aliphatic rings. The second kappa shape index (κ2) is 4.53. The van der Waals surface area contributed by atoms with Crippen LogP contribution in [0.15, 0.2) is 18.2 Å². The SMILES string of the molecule is COc1cccc2c1CCNC2CC(=O)O. The molecular formula is C12H15NO3. The highest BCUT2D eigenvalue weighted by molar-refractivity contribution is 5.68. The molecule has 0 bridgehead atoms. The second-order valence-corrected chi connectivity index (χ2v) is 3.88. The molecule has 0 spiro atoms. The molecule has 1 atom stereocenters. The number of benzene rings is 1. The lowest BCUT2D eigenvalue weighted by atomic mass is 9.92. The predicted octanol–water partition coefficient (Wildman–Crippen LogP) is 1.36. The Balaban J connectivity index is 2.35. The maximum absolute atomic E-state index is 10.8. The number of rotatable bonds is 3. The fraction of sp³-hybridized carbons (Fsp3) is 0.417. The summed E-state index contributed by atoms with van der Waals surface area (Å²) in [6.45, 7) is 0.797. The van der Waals surface area contributed by atoms with E-state index < -0.39 is 5.97 Å². The number of aliphatic carboxylic acids is 1. The van der Waals surface area contributed by atoms with Crippen LogP contribution in [0, 0.1) is 0 Å². The van der Waals surface area contributed by atoms with E-state index in [9.17, 15) is 4.79 Å². The van der Waals surface area contributed by atoms with Gasteiger partial charge in [-0.25, -0.2) is 0 Å². The highest BCUT2D eigenvalue weighted by Crippen LogP contribution is 2.31. The molecule has 16 heavy (non-hydrogen) atoms. The van der Waals surface area contributed by atoms with Gasteiger partial charge in [-0.05, 0) is 24.6 Å². The number of carbonyl (C=O) groups is 1. The Labute approximate surface area is 94.2 Å². The first-order chi connectivity index (χ1) is 7.72. The molecule has 1 unspecified atom stereocenters. The van der Waals surface area contributed by atoms with E-state index in [0.717, 1.165) is 29.8 Å². The summed E-state index contributed by atoms with van der Waals surface area (Å²) in [4.78, 5) is 10.8. The van der Waals surface area contributed by atoms with E-state index in [4.69, 9.17) is 9.84 Å². The van der Waals surface area contributed by atoms with Gasteiger partial charge < -0.3 is 15.2 Å². The molecule has 0 radical (unpaired) electrons. The Morgan fingerprint density at radius 2 is 2.44 bits per heavy atom. The number of hydrogen-bond donors (Lipinski definition) is 2. The number of nitrogens with one attached hydrogen (secondary N) is 1. The average Bonchev–Trinajstić information content (AvgIpc) is 2.28. The first kappa shape index (κ1) is 11.0. The molecule has 4 heteroatoms. The lowest BCUT2D eigenvalue weighted by Crippen LogP contribution is -2.31. The summed E-state index contributed by atoms with van der Waals surface area (Å²) in [6, 6.07) is 5.69. The Bertz CT molecular complexity index is 403. The van der Waals surface area contributed by atoms with Crippen molar-refractivity contribution in [2.45, 2.75) is 18.9 Å². The van der Waals surface area contributed by atoms with Crippen molar-refractivity contribution < 1.29 is 14.6 Å². The van der Waals surface area contributed by atoms with E-state index in [1.54, 1.807) is 7.11 Å². The first-order valence-corrected chi connectivity index (χ1v) is 5.33. The molecule has 86 valence electrons. The Morgan fingerprint density at radius 3 is 3.12 bits per heavy atom. The number of carboxylic acids is 1. The van der Waals surface area contributed by atoms with Crippen LogP contribution in [0.5, 0.6) is 5.75 Å². The number of hydrogen-bond acceptors (Lipinski definition) is 3. The van der Waals surface area contributed by atoms with E-state index >= 15 is 0 Å². The summed E-state index contributed by atoms with van der Waals surface area (Å²) < 4.78 is 5.29. The van der Waals surface area contributed by atoms with Crippen LogP contribution in [0.4, 0.5) is 0 Å². The minimum atomic E-state index is -0.784. The monoisotopic (exact) mass is 221 g/mol. The molecule has 0 fully saturated rings. The zero-order valence-corrected chi connectivity index (χ0v) is 9.19. The fourth-order valence-electron chi connectivity index (χ4n) is 2.21. The Kier molecular flexibility index (Phi) is 3.10. The topological polar surface area (TPSA) is 58.6 Å². The summed E-state index contributed by atoms with van der Waals surface area (Å²) in [5.74, 6) is 0.0718. The number of methoxy groups -OCH3 is 1. The van der Waals surface area contributed by atoms with Gasteiger partial charge in [0.15, 0.2) is 0 Å². The van der Waals surface area contributed by atoms with Crippen LogP contribution in [-0.2, 0) is 11.2 Å². The number of fused-ring (bicyclic) bond motifs is 1. The normalized spacial score (nSPS) is 18.9. The highest BCUT2D eigenvalue weighted by Gasteiger charge is 2.23. The largest absolute Gasteiger partial charge is 0.496 e. The number of carboxylic acid groups (broad SMARTS) is 1. The van der Waals surface area contributed by atoms with Crippen molar-refractivity contribution in [3.63, 3.8) is 0 Å². The van der Waals surface area contributed by atoms with E-state index in [1.165, 1.54) is 0 Å². The van der Waals surface area contributed by atoms with Crippen LogP contribution in [0.25, 0.3) is 0 Å². The van der Waals surface area contributed by atoms with Gasteiger partial charge in [0.1, 0.15) is 5.75 Å². The second-order valence-electron chi connectivity index (χ2n) is 3.88. The molecule has 0 saturated carbocycles. The maximum atomic E-state index is 10.8. The Morgan fingerprint density at radius 1 is 1.62 bits per heavy atom. The van der Waals surface area contributed by atoms with Crippen molar-refractivity contribution in [1.29, 1.82) is 0 Å². The standard InChI is InChI=1S/C12H15NO3/c1-16-11-4-2-3-8-9(11)5-6-13-10(8)7-12(14)15/h2-4,10,13H,5-7H2,1H3,(H,14,15). The van der Waals surface area contributed by atoms with Gasteiger partial charge in [-0.3, -0.25) is 4.79 Å². The van der Waals surface area contributed by atoms with Crippen molar-refractivity contribution in [3.8, 4) is 5.75 Å². The van der Waals surface area contributed by atoms with Gasteiger partial charge in [0.2, 0.25) is 0 Å². The lowest BCUT2D eigenvalue weighted by molar-refractivity contribution is -0.137. The Hall–Kier alpha value is -1.55. The molecule has 1 aliphatic heterocycles. The van der Waals surface area contributed by atoms with Gasteiger partial charge in [0, 0.05) is 11.6 Å². The van der Waals surface area contributed by atoms with Crippen molar-refractivity contribution in [2.24, 2.45) is 0 Å². The molecule has 1 aromatic rings. The minimum Gasteiger partial charge on any atom is -0.496 e. The van der Waals surface area contributed by atoms with Crippen molar-refractivity contribution in [2.75, 3.05) is 13.7 Å². The molecule has 2 N–H and O–H groups in total. The number of ether oxygens (including phenoxy) is 1. The molecule has 0 saturated heterocycles. The highest BCUT2D eigenvalue weighted by atomic mass is 16.5. The molecule has 4 nitrogen and oxygen atoms in total. The predicted molar refractivity (Wildman–Crippen MR) is 59.7 cm³/mol. The summed E-state index contributed by atoms with van der Waals surface area (Å²) in [5.41, 5.74) is 2.18. The van der Waals surface area contributed by atoms with Crippen LogP contribution in [0.1, 0.15) is 23.6 Å². The summed E-state index contributed by atoms with van der Waals surface area (Å²) >= 11 is 0. The fourth-order valence-corrected chi connectivity index (χ4v) is 2.21. The van der Waals surface area contributed by atoms with Crippen LogP contribution in [0.2, 0.25) is 0 Å². The molecule has 2 rings (SSSR count). The summed E-state index contributed by atoms with van der Waals surface area (Å²) in [7, 11) is 1.64. The zero-order valence-electron chi connectivity index (χ0n) is 9.19. The molecule has 1 heterocycles. The first-order valence-electron chi connectivity index (χ1n) is 5.33. The molecular weight excluding hydrogens is 206 g/mol. The van der Waals surface area contributed by atoms with Crippen molar-refractivity contribution in [3.05, 3.63) is 29.3 Å². The van der Waals surface area contributed by atoms with Gasteiger partial charge >= 0.3 is 5.97 Å². The maximum Gasteiger partial charge on any atom is 0.305 e. The van der Waals surface area contributed by atoms with E-state index in [-0.39, 0.29) is 12.5 Å². The third kappa shape index (κ3) is 2.02. The van der Waals surface area contributed by atoms with Crippen LogP contribution < -0.4 is 10.1 Å². The van der Waals surface area contributed by atoms with Crippen LogP contribution in [-0.4, -0.2) is 24.7 Å². The van der Waals surface area contributed by atoms with Crippen molar-refractivity contribution >= 4 is 5.97 Å². The third-order valence-electron chi connectivity index (χ3n) is 2.91. The van der Waals surface area contributed by atoms with Crippen LogP contribution >= 0.6 is 0 Å². The molecule has 0 aliphatic carbocycles. The van der Waals surface area contributed by atoms with Gasteiger partial charge in [0.25, 0.3) is 0 Å². The van der Waals surface area contributed by atoms with E-state index in [2.05, 4.69) is 5.32 Å². The van der Waals surface area contributed by atoms with Crippen LogP contribution in [0.3, 0.4) is 0 Å². The third-order valence-corrected chi connectivity index (χ3v) is 2.91. The van der Waals surface area contributed by atoms with E-state index in [1.807, 2.05) is 18.2 Å². The van der Waals surface area contributed by atoms with Gasteiger partial charge in [-0.1, -0.05) is 12.1 Å². The smallest absolute Gasteiger partial charge is 0.305 e. The summed E-state index contributed by atoms with van der Waals surface area (Å²) in [5, 5.41) is 12.1. The average molecular weight is 221 g/mol. The minimum absolute atomic E-state index is 0.101. The summed E-state index contributed by atoms with van der Waals surface area (Å²) in [6.07, 6.45) is 0.996. The molecule has 0 amide bonds. The van der Waals surface area contributed by atoms with Gasteiger partial charge in [0.05, 0.1) is 13.5 Å². The van der Waals surface area contributed by atoms with Crippen molar-refractivity contribution in [1.82, 2.24) is 5.32 Å².